The van der Waals surface area contributed by atoms with E-state index < -0.39 is 11.9 Å². The number of nitrogens with one attached hydrogen (secondary N) is 2. The highest BCUT2D eigenvalue weighted by Gasteiger charge is 2.33. The fourth-order valence-electron chi connectivity index (χ4n) is 2.92. The van der Waals surface area contributed by atoms with E-state index in [4.69, 9.17) is 5.11 Å². The molecule has 0 bridgehead atoms. The highest BCUT2D eigenvalue weighted by Crippen LogP contribution is 2.39. The number of thioether (sulfide) groups is 1. The summed E-state index contributed by atoms with van der Waals surface area (Å²) in [6, 6.07) is -0.379. The molecular weight excluding hydrogens is 276 g/mol. The van der Waals surface area contributed by atoms with Crippen molar-refractivity contribution < 1.29 is 14.7 Å². The van der Waals surface area contributed by atoms with Crippen LogP contribution in [0.15, 0.2) is 12.2 Å². The van der Waals surface area contributed by atoms with E-state index in [0.717, 1.165) is 12.8 Å². The van der Waals surface area contributed by atoms with Crippen LogP contribution in [0.2, 0.25) is 0 Å². The zero-order chi connectivity index (χ0) is 14.6. The molecule has 0 saturated heterocycles. The highest BCUT2D eigenvalue weighted by atomic mass is 32.2. The third kappa shape index (κ3) is 3.69. The van der Waals surface area contributed by atoms with Crippen molar-refractivity contribution in [1.82, 2.24) is 10.6 Å². The smallest absolute Gasteiger partial charge is 0.315 e. The minimum atomic E-state index is -0.835. The lowest BCUT2D eigenvalue weighted by atomic mass is 10.1. The number of aliphatic carboxylic acids is 1. The van der Waals surface area contributed by atoms with Gasteiger partial charge in [-0.2, -0.15) is 11.8 Å². The molecule has 2 aliphatic rings. The molecule has 1 saturated carbocycles. The fourth-order valence-corrected chi connectivity index (χ4v) is 3.84. The van der Waals surface area contributed by atoms with E-state index in [2.05, 4.69) is 16.9 Å². The third-order valence-electron chi connectivity index (χ3n) is 4.24. The van der Waals surface area contributed by atoms with E-state index in [1.165, 1.54) is 12.8 Å². The van der Waals surface area contributed by atoms with Gasteiger partial charge in [-0.05, 0) is 25.5 Å². The van der Waals surface area contributed by atoms with Gasteiger partial charge in [-0.15, -0.1) is 0 Å². The van der Waals surface area contributed by atoms with Crippen LogP contribution in [0.5, 0.6) is 0 Å². The Labute approximate surface area is 123 Å². The zero-order valence-corrected chi connectivity index (χ0v) is 12.5. The Hall–Kier alpha value is -1.17. The molecule has 6 heteroatoms. The lowest BCUT2D eigenvalue weighted by Gasteiger charge is -2.27. The number of hydrogen-bond acceptors (Lipinski definition) is 3. The van der Waals surface area contributed by atoms with E-state index in [1.807, 2.05) is 11.8 Å². The van der Waals surface area contributed by atoms with E-state index >= 15 is 0 Å². The average Bonchev–Trinajstić information content (AvgIpc) is 3.06. The summed E-state index contributed by atoms with van der Waals surface area (Å²) in [5.74, 6) is -1.31. The molecular formula is C14H22N2O3S. The predicted molar refractivity (Wildman–Crippen MR) is 79.9 cm³/mol. The molecule has 0 aromatic carbocycles. The highest BCUT2D eigenvalue weighted by molar-refractivity contribution is 8.00. The molecule has 0 aromatic rings. The molecule has 20 heavy (non-hydrogen) atoms. The fraction of sp³-hybridized carbons (Fsp3) is 0.714. The van der Waals surface area contributed by atoms with Gasteiger partial charge < -0.3 is 15.7 Å². The van der Waals surface area contributed by atoms with Crippen LogP contribution in [-0.4, -0.2) is 40.7 Å². The standard InChI is InChI=1S/C14H22N2O3S/c1-20-14(6-2-3-7-14)9-15-13(19)16-11-5-4-10(8-11)12(17)18/h4-5,10-11H,2-3,6-9H2,1H3,(H,17,18)(H2,15,16,19). The number of rotatable bonds is 5. The van der Waals surface area contributed by atoms with Gasteiger partial charge in [-0.1, -0.05) is 25.0 Å². The molecule has 112 valence electrons. The molecule has 2 rings (SSSR count). The second-order valence-electron chi connectivity index (χ2n) is 5.59. The summed E-state index contributed by atoms with van der Waals surface area (Å²) >= 11 is 1.83. The quantitative estimate of drug-likeness (QED) is 0.678. The summed E-state index contributed by atoms with van der Waals surface area (Å²) in [5.41, 5.74) is 0. The number of carbonyl (C=O) groups excluding carboxylic acids is 1. The number of carboxylic acids is 1. The van der Waals surface area contributed by atoms with E-state index in [9.17, 15) is 9.59 Å². The Morgan fingerprint density at radius 1 is 1.35 bits per heavy atom. The van der Waals surface area contributed by atoms with Crippen molar-refractivity contribution in [2.24, 2.45) is 5.92 Å². The maximum absolute atomic E-state index is 11.9. The Bertz CT molecular complexity index is 405. The first kappa shape index (κ1) is 15.2. The molecule has 5 nitrogen and oxygen atoms in total. The van der Waals surface area contributed by atoms with Gasteiger partial charge in [0, 0.05) is 11.3 Å². The minimum Gasteiger partial charge on any atom is -0.481 e. The molecule has 3 N–H and O–H groups in total. The summed E-state index contributed by atoms with van der Waals surface area (Å²) in [6.07, 6.45) is 10.7. The van der Waals surface area contributed by atoms with Crippen molar-refractivity contribution in [3.8, 4) is 0 Å². The number of carboxylic acid groups (broad SMARTS) is 1. The Morgan fingerprint density at radius 3 is 2.60 bits per heavy atom. The van der Waals surface area contributed by atoms with Gasteiger partial charge in [0.1, 0.15) is 0 Å². The number of amides is 2. The van der Waals surface area contributed by atoms with Gasteiger partial charge in [-0.3, -0.25) is 4.79 Å². The second-order valence-corrected chi connectivity index (χ2v) is 6.87. The van der Waals surface area contributed by atoms with Crippen molar-refractivity contribution in [1.29, 1.82) is 0 Å². The van der Waals surface area contributed by atoms with E-state index in [-0.39, 0.29) is 16.8 Å². The van der Waals surface area contributed by atoms with Crippen LogP contribution in [0, 0.1) is 5.92 Å². The van der Waals surface area contributed by atoms with Gasteiger partial charge in [-0.25, -0.2) is 4.79 Å². The molecule has 2 amide bonds. The van der Waals surface area contributed by atoms with Gasteiger partial charge in [0.25, 0.3) is 0 Å². The summed E-state index contributed by atoms with van der Waals surface area (Å²) < 4.78 is 0.187. The molecule has 2 atom stereocenters. The minimum absolute atomic E-state index is 0.176. The van der Waals surface area contributed by atoms with Gasteiger partial charge >= 0.3 is 12.0 Å². The van der Waals surface area contributed by atoms with Gasteiger partial charge in [0.05, 0.1) is 12.0 Å². The topological polar surface area (TPSA) is 78.4 Å². The lowest BCUT2D eigenvalue weighted by Crippen LogP contribution is -2.46. The molecule has 0 aromatic heterocycles. The van der Waals surface area contributed by atoms with Gasteiger partial charge in [0.15, 0.2) is 0 Å². The maximum Gasteiger partial charge on any atom is 0.315 e. The molecule has 0 aliphatic heterocycles. The monoisotopic (exact) mass is 298 g/mol. The Kier molecular flexibility index (Phi) is 4.96. The second kappa shape index (κ2) is 6.52. The van der Waals surface area contributed by atoms with Crippen LogP contribution < -0.4 is 10.6 Å². The summed E-state index contributed by atoms with van der Waals surface area (Å²) in [6.45, 7) is 0.679. The Balaban J connectivity index is 1.74. The van der Waals surface area contributed by atoms with Crippen molar-refractivity contribution in [2.45, 2.75) is 42.9 Å². The first-order chi connectivity index (χ1) is 9.54. The summed E-state index contributed by atoms with van der Waals surface area (Å²) in [5, 5.41) is 14.7. The normalized spacial score (nSPS) is 27.4. The van der Waals surface area contributed by atoms with Gasteiger partial charge in [0.2, 0.25) is 0 Å². The van der Waals surface area contributed by atoms with Crippen LogP contribution in [0.1, 0.15) is 32.1 Å². The lowest BCUT2D eigenvalue weighted by molar-refractivity contribution is -0.140. The van der Waals surface area contributed by atoms with Crippen LogP contribution in [-0.2, 0) is 4.79 Å². The average molecular weight is 298 g/mol. The summed E-state index contributed by atoms with van der Waals surface area (Å²) in [4.78, 5) is 22.7. The first-order valence-corrected chi connectivity index (χ1v) is 8.28. The van der Waals surface area contributed by atoms with Crippen molar-refractivity contribution in [3.05, 3.63) is 12.2 Å². The van der Waals surface area contributed by atoms with Crippen molar-refractivity contribution >= 4 is 23.8 Å². The third-order valence-corrected chi connectivity index (χ3v) is 5.65. The van der Waals surface area contributed by atoms with Crippen LogP contribution in [0.25, 0.3) is 0 Å². The number of urea groups is 1. The molecule has 2 unspecified atom stereocenters. The first-order valence-electron chi connectivity index (χ1n) is 7.05. The van der Waals surface area contributed by atoms with Crippen LogP contribution in [0.4, 0.5) is 4.79 Å². The SMILES string of the molecule is CSC1(CNC(=O)NC2C=CC(C(=O)O)C2)CCCC1. The largest absolute Gasteiger partial charge is 0.481 e. The van der Waals surface area contributed by atoms with Crippen LogP contribution >= 0.6 is 11.8 Å². The molecule has 2 aliphatic carbocycles. The van der Waals surface area contributed by atoms with Crippen molar-refractivity contribution in [3.63, 3.8) is 0 Å². The van der Waals surface area contributed by atoms with E-state index in [0.29, 0.717) is 13.0 Å². The number of carbonyl (C=O) groups is 2. The van der Waals surface area contributed by atoms with Crippen molar-refractivity contribution in [2.75, 3.05) is 12.8 Å². The molecule has 0 radical (unpaired) electrons. The number of hydrogen-bond donors (Lipinski definition) is 3. The molecule has 0 heterocycles. The maximum atomic E-state index is 11.9. The van der Waals surface area contributed by atoms with E-state index in [1.54, 1.807) is 12.2 Å². The molecule has 1 fully saturated rings. The Morgan fingerprint density at radius 2 is 2.05 bits per heavy atom. The zero-order valence-electron chi connectivity index (χ0n) is 11.7. The summed E-state index contributed by atoms with van der Waals surface area (Å²) in [7, 11) is 0. The van der Waals surface area contributed by atoms with Crippen LogP contribution in [0.3, 0.4) is 0 Å². The predicted octanol–water partition coefficient (Wildman–Crippen LogP) is 1.99. The molecule has 0 spiro atoms.